The van der Waals surface area contributed by atoms with Gasteiger partial charge in [-0.3, -0.25) is 4.72 Å². The number of hydrogen-bond acceptors (Lipinski definition) is 4. The van der Waals surface area contributed by atoms with Crippen molar-refractivity contribution in [3.63, 3.8) is 0 Å². The molecule has 1 N–H and O–H groups in total. The van der Waals surface area contributed by atoms with E-state index in [-0.39, 0.29) is 10.5 Å². The fraction of sp³-hybridized carbons (Fsp3) is 0.188. The SMILES string of the molecule is COC(=O)c1ccc(C)c(NS(=O)(=O)c2ccc(Br)c(C)c2)c1. The number of ether oxygens (including phenoxy) is 1. The number of benzene rings is 2. The van der Waals surface area contributed by atoms with Crippen LogP contribution in [0.4, 0.5) is 5.69 Å². The van der Waals surface area contributed by atoms with E-state index in [4.69, 9.17) is 0 Å². The van der Waals surface area contributed by atoms with Crippen LogP contribution in [0.25, 0.3) is 0 Å². The van der Waals surface area contributed by atoms with Gasteiger partial charge >= 0.3 is 5.97 Å². The minimum atomic E-state index is -3.75. The van der Waals surface area contributed by atoms with Gasteiger partial charge in [-0.2, -0.15) is 0 Å². The molecule has 0 aliphatic rings. The molecule has 2 rings (SSSR count). The van der Waals surface area contributed by atoms with Crippen molar-refractivity contribution in [2.24, 2.45) is 0 Å². The van der Waals surface area contributed by atoms with Gasteiger partial charge in [0.15, 0.2) is 0 Å². The van der Waals surface area contributed by atoms with E-state index in [2.05, 4.69) is 25.4 Å². The fourth-order valence-electron chi connectivity index (χ4n) is 1.96. The number of carbonyl (C=O) groups is 1. The van der Waals surface area contributed by atoms with Gasteiger partial charge in [0.05, 0.1) is 23.3 Å². The largest absolute Gasteiger partial charge is 0.465 e. The maximum Gasteiger partial charge on any atom is 0.337 e. The Bertz CT molecular complexity index is 862. The molecule has 2 aromatic rings. The van der Waals surface area contributed by atoms with Gasteiger partial charge in [-0.1, -0.05) is 22.0 Å². The molecule has 23 heavy (non-hydrogen) atoms. The van der Waals surface area contributed by atoms with Crippen LogP contribution in [0.3, 0.4) is 0 Å². The molecule has 0 unspecified atom stereocenters. The lowest BCUT2D eigenvalue weighted by molar-refractivity contribution is 0.0601. The van der Waals surface area contributed by atoms with E-state index in [1.54, 1.807) is 31.2 Å². The second-order valence-electron chi connectivity index (χ2n) is 5.04. The molecule has 0 radical (unpaired) electrons. The van der Waals surface area contributed by atoms with Crippen molar-refractivity contribution in [1.82, 2.24) is 0 Å². The monoisotopic (exact) mass is 397 g/mol. The van der Waals surface area contributed by atoms with Crippen molar-refractivity contribution in [2.75, 3.05) is 11.8 Å². The number of methoxy groups -OCH3 is 1. The minimum Gasteiger partial charge on any atom is -0.465 e. The molecule has 7 heteroatoms. The predicted octanol–water partition coefficient (Wildman–Crippen LogP) is 3.65. The van der Waals surface area contributed by atoms with E-state index in [0.717, 1.165) is 10.0 Å². The highest BCUT2D eigenvalue weighted by atomic mass is 79.9. The van der Waals surface area contributed by atoms with Crippen molar-refractivity contribution in [2.45, 2.75) is 18.7 Å². The molecular weight excluding hydrogens is 382 g/mol. The van der Waals surface area contributed by atoms with Gasteiger partial charge in [-0.25, -0.2) is 13.2 Å². The van der Waals surface area contributed by atoms with Crippen LogP contribution in [0, 0.1) is 13.8 Å². The van der Waals surface area contributed by atoms with Crippen LogP contribution in [0.1, 0.15) is 21.5 Å². The maximum atomic E-state index is 12.5. The number of carbonyl (C=O) groups excluding carboxylic acids is 1. The topological polar surface area (TPSA) is 72.5 Å². The summed E-state index contributed by atoms with van der Waals surface area (Å²) < 4.78 is 33.1. The van der Waals surface area contributed by atoms with Gasteiger partial charge in [0, 0.05) is 4.47 Å². The maximum absolute atomic E-state index is 12.5. The summed E-state index contributed by atoms with van der Waals surface area (Å²) in [4.78, 5) is 11.7. The Balaban J connectivity index is 2.40. The number of anilines is 1. The van der Waals surface area contributed by atoms with E-state index in [1.807, 2.05) is 6.92 Å². The molecule has 0 fully saturated rings. The molecule has 0 heterocycles. The summed E-state index contributed by atoms with van der Waals surface area (Å²) in [6.07, 6.45) is 0. The van der Waals surface area contributed by atoms with Crippen LogP contribution in [0.15, 0.2) is 45.8 Å². The zero-order valence-corrected chi connectivity index (χ0v) is 15.3. The first kappa shape index (κ1) is 17.5. The fourth-order valence-corrected chi connectivity index (χ4v) is 3.42. The molecular formula is C16H16BrNO4S. The molecule has 0 aliphatic carbocycles. The van der Waals surface area contributed by atoms with Crippen molar-refractivity contribution in [1.29, 1.82) is 0 Å². The molecule has 0 saturated heterocycles. The predicted molar refractivity (Wildman–Crippen MR) is 92.2 cm³/mol. The van der Waals surface area contributed by atoms with Gasteiger partial charge < -0.3 is 4.74 Å². The highest BCUT2D eigenvalue weighted by molar-refractivity contribution is 9.10. The highest BCUT2D eigenvalue weighted by Crippen LogP contribution is 2.24. The highest BCUT2D eigenvalue weighted by Gasteiger charge is 2.17. The Kier molecular flexibility index (Phi) is 5.11. The van der Waals surface area contributed by atoms with Crippen LogP contribution >= 0.6 is 15.9 Å². The first-order valence-electron chi connectivity index (χ1n) is 6.72. The van der Waals surface area contributed by atoms with Crippen LogP contribution < -0.4 is 4.72 Å². The quantitative estimate of drug-likeness (QED) is 0.798. The number of halogens is 1. The van der Waals surface area contributed by atoms with E-state index in [9.17, 15) is 13.2 Å². The number of nitrogens with one attached hydrogen (secondary N) is 1. The van der Waals surface area contributed by atoms with Crippen LogP contribution in [0.2, 0.25) is 0 Å². The number of rotatable bonds is 4. The number of sulfonamides is 1. The standard InChI is InChI=1S/C16H16BrNO4S/c1-10-4-5-12(16(19)22-3)9-15(10)18-23(20,21)13-6-7-14(17)11(2)8-13/h4-9,18H,1-3H3. The molecule has 2 aromatic carbocycles. The Morgan fingerprint density at radius 3 is 2.39 bits per heavy atom. The summed E-state index contributed by atoms with van der Waals surface area (Å²) in [5, 5.41) is 0. The number of hydrogen-bond donors (Lipinski definition) is 1. The summed E-state index contributed by atoms with van der Waals surface area (Å²) in [6, 6.07) is 9.48. The molecule has 122 valence electrons. The van der Waals surface area contributed by atoms with Gasteiger partial charge in [-0.15, -0.1) is 0 Å². The van der Waals surface area contributed by atoms with Crippen molar-refractivity contribution >= 4 is 37.6 Å². The molecule has 5 nitrogen and oxygen atoms in total. The Morgan fingerprint density at radius 2 is 1.78 bits per heavy atom. The lowest BCUT2D eigenvalue weighted by Gasteiger charge is -2.12. The Labute approximate surface area is 143 Å². The second kappa shape index (κ2) is 6.72. The van der Waals surface area contributed by atoms with Gasteiger partial charge in [0.1, 0.15) is 0 Å². The average molecular weight is 398 g/mol. The second-order valence-corrected chi connectivity index (χ2v) is 7.57. The van der Waals surface area contributed by atoms with Gasteiger partial charge in [-0.05, 0) is 55.3 Å². The third-order valence-electron chi connectivity index (χ3n) is 3.34. The van der Waals surface area contributed by atoms with Crippen LogP contribution in [-0.2, 0) is 14.8 Å². The number of aryl methyl sites for hydroxylation is 2. The van der Waals surface area contributed by atoms with Crippen LogP contribution in [-0.4, -0.2) is 21.5 Å². The Hall–Kier alpha value is -1.86. The van der Waals surface area contributed by atoms with Crippen LogP contribution in [0.5, 0.6) is 0 Å². The third kappa shape index (κ3) is 3.92. The zero-order valence-electron chi connectivity index (χ0n) is 12.9. The van der Waals surface area contributed by atoms with E-state index < -0.39 is 16.0 Å². The molecule has 0 spiro atoms. The smallest absolute Gasteiger partial charge is 0.337 e. The summed E-state index contributed by atoms with van der Waals surface area (Å²) in [5.74, 6) is -0.523. The summed E-state index contributed by atoms with van der Waals surface area (Å²) in [7, 11) is -2.47. The molecule has 0 aliphatic heterocycles. The number of esters is 1. The van der Waals surface area contributed by atoms with E-state index >= 15 is 0 Å². The molecule has 0 aromatic heterocycles. The average Bonchev–Trinajstić information content (AvgIpc) is 2.51. The third-order valence-corrected chi connectivity index (χ3v) is 5.60. The summed E-state index contributed by atoms with van der Waals surface area (Å²) in [6.45, 7) is 3.57. The van der Waals surface area contributed by atoms with Gasteiger partial charge in [0.2, 0.25) is 0 Å². The molecule has 0 atom stereocenters. The minimum absolute atomic E-state index is 0.154. The Morgan fingerprint density at radius 1 is 1.09 bits per heavy atom. The molecule has 0 bridgehead atoms. The first-order chi connectivity index (χ1) is 10.7. The lowest BCUT2D eigenvalue weighted by atomic mass is 10.1. The summed E-state index contributed by atoms with van der Waals surface area (Å²) >= 11 is 3.34. The lowest BCUT2D eigenvalue weighted by Crippen LogP contribution is -2.14. The molecule has 0 saturated carbocycles. The summed E-state index contributed by atoms with van der Waals surface area (Å²) in [5.41, 5.74) is 2.14. The van der Waals surface area contributed by atoms with Crippen molar-refractivity contribution in [3.8, 4) is 0 Å². The van der Waals surface area contributed by atoms with E-state index in [0.29, 0.717) is 11.3 Å². The van der Waals surface area contributed by atoms with Crippen molar-refractivity contribution < 1.29 is 17.9 Å². The van der Waals surface area contributed by atoms with E-state index in [1.165, 1.54) is 19.2 Å². The van der Waals surface area contributed by atoms with Crippen molar-refractivity contribution in [3.05, 3.63) is 57.6 Å². The normalized spacial score (nSPS) is 11.1. The first-order valence-corrected chi connectivity index (χ1v) is 9.00. The molecule has 0 amide bonds. The zero-order chi connectivity index (χ0) is 17.2. The van der Waals surface area contributed by atoms with Gasteiger partial charge in [0.25, 0.3) is 10.0 Å².